The number of fused-ring (bicyclic) bond motifs is 1. The number of anilines is 1. The Morgan fingerprint density at radius 2 is 2.30 bits per heavy atom. The summed E-state index contributed by atoms with van der Waals surface area (Å²) in [5.74, 6) is -0.628. The smallest absolute Gasteiger partial charge is 0.412 e. The quantitative estimate of drug-likeness (QED) is 0.677. The molecule has 10 heteroatoms. The van der Waals surface area contributed by atoms with Crippen molar-refractivity contribution in [2.24, 2.45) is 0 Å². The first-order valence-electron chi connectivity index (χ1n) is 7.65. The Bertz CT molecular complexity index is 1040. The average Bonchev–Trinajstić information content (AvgIpc) is 2.99. The molecule has 2 heterocycles. The molecule has 1 N–H and O–H groups in total. The zero-order chi connectivity index (χ0) is 19.6. The third kappa shape index (κ3) is 4.07. The average molecular weight is 407 g/mol. The Balaban J connectivity index is 1.78. The number of carbonyl (C=O) groups is 1. The Labute approximate surface area is 162 Å². The number of hydrogen-bond donors (Lipinski definition) is 1. The number of rotatable bonds is 5. The number of nitrogens with zero attached hydrogens (tertiary/aromatic N) is 4. The minimum atomic E-state index is -1.22. The summed E-state index contributed by atoms with van der Waals surface area (Å²) in [5, 5.41) is 18.3. The van der Waals surface area contributed by atoms with E-state index in [0.717, 1.165) is 4.90 Å². The van der Waals surface area contributed by atoms with Gasteiger partial charge in [-0.2, -0.15) is 5.26 Å². The van der Waals surface area contributed by atoms with Gasteiger partial charge in [0.05, 0.1) is 28.1 Å². The van der Waals surface area contributed by atoms with Crippen molar-refractivity contribution in [2.45, 2.75) is 13.0 Å². The van der Waals surface area contributed by atoms with Gasteiger partial charge in [0.15, 0.2) is 16.0 Å². The lowest BCUT2D eigenvalue weighted by Crippen LogP contribution is -2.41. The van der Waals surface area contributed by atoms with Gasteiger partial charge in [0.25, 0.3) is 0 Å². The highest BCUT2D eigenvalue weighted by molar-refractivity contribution is 7.22. The molecule has 1 aromatic carbocycles. The number of carboxylic acid groups (broad SMARTS) is 1. The van der Waals surface area contributed by atoms with Crippen LogP contribution in [0.1, 0.15) is 12.6 Å². The first-order chi connectivity index (χ1) is 12.9. The van der Waals surface area contributed by atoms with E-state index >= 15 is 0 Å². The highest BCUT2D eigenvalue weighted by Crippen LogP contribution is 2.31. The molecule has 1 amide bonds. The van der Waals surface area contributed by atoms with Crippen LogP contribution in [0.4, 0.5) is 14.9 Å². The van der Waals surface area contributed by atoms with Crippen molar-refractivity contribution in [1.29, 1.82) is 5.26 Å². The van der Waals surface area contributed by atoms with Crippen molar-refractivity contribution in [1.82, 2.24) is 9.97 Å². The number of amides is 1. The molecule has 2 aromatic heterocycles. The van der Waals surface area contributed by atoms with E-state index in [4.69, 9.17) is 21.6 Å². The molecule has 3 rings (SSSR count). The van der Waals surface area contributed by atoms with Crippen LogP contribution in [0.5, 0.6) is 5.75 Å². The second kappa shape index (κ2) is 7.73. The predicted octanol–water partition coefficient (Wildman–Crippen LogP) is 4.31. The van der Waals surface area contributed by atoms with Gasteiger partial charge in [-0.25, -0.2) is 19.2 Å². The van der Waals surface area contributed by atoms with Crippen molar-refractivity contribution >= 4 is 44.9 Å². The van der Waals surface area contributed by atoms with E-state index in [2.05, 4.69) is 9.97 Å². The molecular formula is C17H12ClFN4O3S. The van der Waals surface area contributed by atoms with E-state index < -0.39 is 18.0 Å². The number of hydrogen-bond acceptors (Lipinski definition) is 6. The summed E-state index contributed by atoms with van der Waals surface area (Å²) < 4.78 is 20.6. The van der Waals surface area contributed by atoms with Gasteiger partial charge in [0, 0.05) is 12.1 Å². The molecule has 0 spiro atoms. The van der Waals surface area contributed by atoms with Crippen molar-refractivity contribution in [2.75, 3.05) is 11.5 Å². The molecule has 0 aliphatic carbocycles. The van der Waals surface area contributed by atoms with Crippen LogP contribution in [0.3, 0.4) is 0 Å². The summed E-state index contributed by atoms with van der Waals surface area (Å²) >= 11 is 7.02. The van der Waals surface area contributed by atoms with E-state index in [0.29, 0.717) is 14.7 Å². The Hall–Kier alpha value is -2.96. The molecule has 1 atom stereocenters. The summed E-state index contributed by atoms with van der Waals surface area (Å²) in [6.45, 7) is 1.52. The number of aromatic nitrogens is 2. The van der Waals surface area contributed by atoms with Crippen LogP contribution in [0.2, 0.25) is 4.47 Å². The van der Waals surface area contributed by atoms with E-state index in [1.807, 2.05) is 6.07 Å². The fraction of sp³-hybridized carbons (Fsp3) is 0.176. The maximum absolute atomic E-state index is 14.2. The number of halogens is 2. The summed E-state index contributed by atoms with van der Waals surface area (Å²) in [4.78, 5) is 20.5. The summed E-state index contributed by atoms with van der Waals surface area (Å²) in [6, 6.07) is 6.81. The summed E-state index contributed by atoms with van der Waals surface area (Å²) in [7, 11) is 0. The lowest BCUT2D eigenvalue weighted by atomic mass is 10.2. The van der Waals surface area contributed by atoms with E-state index in [-0.39, 0.29) is 23.7 Å². The van der Waals surface area contributed by atoms with Crippen molar-refractivity contribution in [3.05, 3.63) is 46.4 Å². The van der Waals surface area contributed by atoms with E-state index in [1.165, 1.54) is 41.8 Å². The highest BCUT2D eigenvalue weighted by Gasteiger charge is 2.23. The lowest BCUT2D eigenvalue weighted by molar-refractivity contribution is 0.194. The van der Waals surface area contributed by atoms with Crippen LogP contribution < -0.4 is 9.64 Å². The predicted molar refractivity (Wildman–Crippen MR) is 99.0 cm³/mol. The number of nitriles is 1. The number of ether oxygens (including phenoxy) is 1. The lowest BCUT2D eigenvalue weighted by Gasteiger charge is -2.26. The second-order valence-electron chi connectivity index (χ2n) is 5.54. The molecule has 0 saturated heterocycles. The maximum Gasteiger partial charge on any atom is 0.412 e. The minimum Gasteiger partial charge on any atom is -0.488 e. The fourth-order valence-corrected chi connectivity index (χ4v) is 3.49. The molecule has 27 heavy (non-hydrogen) atoms. The van der Waals surface area contributed by atoms with Gasteiger partial charge in [-0.15, -0.1) is 11.3 Å². The third-order valence-corrected chi connectivity index (χ3v) is 4.81. The van der Waals surface area contributed by atoms with Gasteiger partial charge in [-0.3, -0.25) is 4.90 Å². The van der Waals surface area contributed by atoms with Crippen LogP contribution in [0, 0.1) is 17.1 Å². The van der Waals surface area contributed by atoms with Crippen molar-refractivity contribution in [3.63, 3.8) is 0 Å². The van der Waals surface area contributed by atoms with Gasteiger partial charge in [0.2, 0.25) is 0 Å². The maximum atomic E-state index is 14.2. The van der Waals surface area contributed by atoms with Gasteiger partial charge < -0.3 is 9.84 Å². The summed E-state index contributed by atoms with van der Waals surface area (Å²) in [5.41, 5.74) is 0.882. The van der Waals surface area contributed by atoms with Gasteiger partial charge in [0.1, 0.15) is 18.4 Å². The molecule has 0 fully saturated rings. The molecule has 7 nitrogen and oxygen atoms in total. The number of pyridine rings is 1. The van der Waals surface area contributed by atoms with Gasteiger partial charge in [-0.05, 0) is 19.1 Å². The van der Waals surface area contributed by atoms with Crippen molar-refractivity contribution < 1.29 is 19.0 Å². The SMILES string of the molecule is C[C@H](COc1cc2sc(Cl)nc2cc1F)N(C(=O)O)c1ccc(C#N)nc1. The van der Waals surface area contributed by atoms with Crippen LogP contribution in [0.25, 0.3) is 10.2 Å². The molecule has 3 aromatic rings. The minimum absolute atomic E-state index is 0.0158. The Morgan fingerprint density at radius 1 is 1.52 bits per heavy atom. The molecular weight excluding hydrogens is 395 g/mol. The van der Waals surface area contributed by atoms with E-state index in [9.17, 15) is 14.3 Å². The van der Waals surface area contributed by atoms with Crippen molar-refractivity contribution in [3.8, 4) is 11.8 Å². The summed E-state index contributed by atoms with van der Waals surface area (Å²) in [6.07, 6.45) is 0.0672. The van der Waals surface area contributed by atoms with Crippen LogP contribution in [0.15, 0.2) is 30.5 Å². The largest absolute Gasteiger partial charge is 0.488 e. The number of benzene rings is 1. The molecule has 0 saturated carbocycles. The third-order valence-electron chi connectivity index (χ3n) is 3.68. The molecule has 0 bridgehead atoms. The molecule has 0 aliphatic rings. The first-order valence-corrected chi connectivity index (χ1v) is 8.85. The number of thiazole rings is 1. The highest BCUT2D eigenvalue weighted by atomic mass is 35.5. The Morgan fingerprint density at radius 3 is 2.93 bits per heavy atom. The second-order valence-corrected chi connectivity index (χ2v) is 7.16. The van der Waals surface area contributed by atoms with Crippen LogP contribution in [-0.4, -0.2) is 33.8 Å². The van der Waals surface area contributed by atoms with Gasteiger partial charge >= 0.3 is 6.09 Å². The zero-order valence-electron chi connectivity index (χ0n) is 13.9. The topological polar surface area (TPSA) is 99.3 Å². The van der Waals surface area contributed by atoms with Crippen LogP contribution in [-0.2, 0) is 0 Å². The standard InChI is InChI=1S/C17H12ClFN4O3S/c1-9(23(17(24)25)11-3-2-10(6-20)21-7-11)8-26-14-5-15-13(4-12(14)19)22-16(18)27-15/h2-5,7,9H,8H2,1H3,(H,24,25)/t9-/m1/s1. The van der Waals surface area contributed by atoms with Crippen LogP contribution >= 0.6 is 22.9 Å². The first kappa shape index (κ1) is 18.8. The Kier molecular flexibility index (Phi) is 5.39. The molecule has 0 unspecified atom stereocenters. The molecule has 0 radical (unpaired) electrons. The zero-order valence-corrected chi connectivity index (χ0v) is 15.5. The normalized spacial score (nSPS) is 11.8. The monoisotopic (exact) mass is 406 g/mol. The van der Waals surface area contributed by atoms with E-state index in [1.54, 1.807) is 6.92 Å². The molecule has 138 valence electrons. The van der Waals surface area contributed by atoms with Gasteiger partial charge in [-0.1, -0.05) is 11.6 Å². The molecule has 0 aliphatic heterocycles. The fourth-order valence-electron chi connectivity index (χ4n) is 2.45.